The maximum atomic E-state index is 11.0. The van der Waals surface area contributed by atoms with Crippen LogP contribution in [0.5, 0.6) is 5.75 Å². The maximum absolute atomic E-state index is 11.0. The Morgan fingerprint density at radius 3 is 1.64 bits per heavy atom. The third-order valence-electron chi connectivity index (χ3n) is 3.09. The van der Waals surface area contributed by atoms with Gasteiger partial charge in [0.05, 0.1) is 26.1 Å². The number of hydrogen-bond acceptors (Lipinski definition) is 5. The Morgan fingerprint density at radius 1 is 0.760 bits per heavy atom. The normalized spacial score (nSPS) is 9.52. The van der Waals surface area contributed by atoms with Crippen molar-refractivity contribution in [1.29, 1.82) is 0 Å². The van der Waals surface area contributed by atoms with Crippen LogP contribution in [-0.4, -0.2) is 30.3 Å². The summed E-state index contributed by atoms with van der Waals surface area (Å²) < 4.78 is 9.58. The highest BCUT2D eigenvalue weighted by molar-refractivity contribution is 5.72. The van der Waals surface area contributed by atoms with Crippen LogP contribution in [0.1, 0.15) is 25.0 Å². The van der Waals surface area contributed by atoms with Gasteiger partial charge in [0.2, 0.25) is 0 Å². The van der Waals surface area contributed by atoms with Crippen LogP contribution in [0, 0.1) is 0 Å². The fourth-order valence-corrected chi connectivity index (χ4v) is 1.97. The molecule has 0 saturated carbocycles. The molecular formula is C20H24O5. The van der Waals surface area contributed by atoms with Crippen molar-refractivity contribution < 1.29 is 24.2 Å². The molecule has 0 unspecified atom stereocenters. The SMILES string of the molecule is CCOC(=O)Cc1ccc(O)cc1.CCOC(=O)Cc1ccccc1. The zero-order chi connectivity index (χ0) is 18.5. The van der Waals surface area contributed by atoms with E-state index >= 15 is 0 Å². The van der Waals surface area contributed by atoms with Crippen molar-refractivity contribution in [3.05, 3.63) is 65.7 Å². The molecule has 0 atom stereocenters. The van der Waals surface area contributed by atoms with Crippen LogP contribution in [-0.2, 0) is 31.9 Å². The number of carbonyl (C=O) groups is 2. The number of aromatic hydroxyl groups is 1. The lowest BCUT2D eigenvalue weighted by Gasteiger charge is -2.01. The van der Waals surface area contributed by atoms with Crippen LogP contribution in [0.4, 0.5) is 0 Å². The minimum atomic E-state index is -0.242. The van der Waals surface area contributed by atoms with Gasteiger partial charge in [-0.25, -0.2) is 0 Å². The van der Waals surface area contributed by atoms with Gasteiger partial charge in [0.15, 0.2) is 0 Å². The van der Waals surface area contributed by atoms with E-state index < -0.39 is 0 Å². The molecule has 0 aromatic heterocycles. The third-order valence-corrected chi connectivity index (χ3v) is 3.09. The van der Waals surface area contributed by atoms with E-state index in [1.165, 1.54) is 0 Å². The molecule has 0 aliphatic rings. The molecule has 0 fully saturated rings. The summed E-state index contributed by atoms with van der Waals surface area (Å²) >= 11 is 0. The number of benzene rings is 2. The van der Waals surface area contributed by atoms with E-state index in [1.54, 1.807) is 31.2 Å². The number of hydrogen-bond donors (Lipinski definition) is 1. The van der Waals surface area contributed by atoms with Gasteiger partial charge in [0, 0.05) is 0 Å². The molecule has 0 saturated heterocycles. The van der Waals surface area contributed by atoms with E-state index in [1.807, 2.05) is 37.3 Å². The van der Waals surface area contributed by atoms with Crippen molar-refractivity contribution in [3.8, 4) is 5.75 Å². The van der Waals surface area contributed by atoms with Crippen LogP contribution in [0.15, 0.2) is 54.6 Å². The lowest BCUT2D eigenvalue weighted by molar-refractivity contribution is -0.143. The highest BCUT2D eigenvalue weighted by Gasteiger charge is 2.03. The number of rotatable bonds is 6. The maximum Gasteiger partial charge on any atom is 0.310 e. The van der Waals surface area contributed by atoms with E-state index in [4.69, 9.17) is 14.6 Å². The summed E-state index contributed by atoms with van der Waals surface area (Å²) in [5, 5.41) is 8.98. The Labute approximate surface area is 148 Å². The monoisotopic (exact) mass is 344 g/mol. The van der Waals surface area contributed by atoms with E-state index in [-0.39, 0.29) is 24.1 Å². The fraction of sp³-hybridized carbons (Fsp3) is 0.300. The van der Waals surface area contributed by atoms with Gasteiger partial charge in [-0.3, -0.25) is 9.59 Å². The molecule has 0 aliphatic heterocycles. The smallest absolute Gasteiger partial charge is 0.310 e. The Kier molecular flexibility index (Phi) is 9.45. The highest BCUT2D eigenvalue weighted by atomic mass is 16.5. The molecule has 134 valence electrons. The van der Waals surface area contributed by atoms with Gasteiger partial charge < -0.3 is 14.6 Å². The molecule has 1 N–H and O–H groups in total. The van der Waals surface area contributed by atoms with Crippen molar-refractivity contribution in [2.75, 3.05) is 13.2 Å². The molecule has 5 nitrogen and oxygen atoms in total. The van der Waals surface area contributed by atoms with Crippen LogP contribution in [0.25, 0.3) is 0 Å². The molecule has 0 heterocycles. The summed E-state index contributed by atoms with van der Waals surface area (Å²) in [5.74, 6) is -0.204. The number of phenolic OH excluding ortho intramolecular Hbond substituents is 1. The first-order valence-corrected chi connectivity index (χ1v) is 8.18. The molecular weight excluding hydrogens is 320 g/mol. The first kappa shape index (κ1) is 20.2. The predicted molar refractivity (Wildman–Crippen MR) is 95.2 cm³/mol. The van der Waals surface area contributed by atoms with Gasteiger partial charge in [0.25, 0.3) is 0 Å². The van der Waals surface area contributed by atoms with Crippen molar-refractivity contribution in [2.24, 2.45) is 0 Å². The number of esters is 2. The summed E-state index contributed by atoms with van der Waals surface area (Å²) in [7, 11) is 0. The second-order valence-corrected chi connectivity index (χ2v) is 5.12. The Balaban J connectivity index is 0.000000251. The average molecular weight is 344 g/mol. The quantitative estimate of drug-likeness (QED) is 0.814. The lowest BCUT2D eigenvalue weighted by atomic mass is 10.1. The number of phenols is 1. The van der Waals surface area contributed by atoms with E-state index in [0.717, 1.165) is 11.1 Å². The molecule has 5 heteroatoms. The summed E-state index contributed by atoms with van der Waals surface area (Å²) in [5.41, 5.74) is 1.84. The second kappa shape index (κ2) is 11.7. The van der Waals surface area contributed by atoms with Gasteiger partial charge >= 0.3 is 11.9 Å². The lowest BCUT2D eigenvalue weighted by Crippen LogP contribution is -2.07. The molecule has 0 radical (unpaired) electrons. The second-order valence-electron chi connectivity index (χ2n) is 5.12. The summed E-state index contributed by atoms with van der Waals surface area (Å²) in [6.07, 6.45) is 0.628. The van der Waals surface area contributed by atoms with Crippen molar-refractivity contribution >= 4 is 11.9 Å². The van der Waals surface area contributed by atoms with Gasteiger partial charge in [-0.2, -0.15) is 0 Å². The first-order valence-electron chi connectivity index (χ1n) is 8.18. The summed E-state index contributed by atoms with van der Waals surface area (Å²) in [4.78, 5) is 22.0. The highest BCUT2D eigenvalue weighted by Crippen LogP contribution is 2.10. The Bertz CT molecular complexity index is 635. The zero-order valence-corrected chi connectivity index (χ0v) is 14.6. The van der Waals surface area contributed by atoms with Gasteiger partial charge in [-0.15, -0.1) is 0 Å². The van der Waals surface area contributed by atoms with Crippen molar-refractivity contribution in [3.63, 3.8) is 0 Å². The van der Waals surface area contributed by atoms with E-state index in [9.17, 15) is 9.59 Å². The largest absolute Gasteiger partial charge is 0.508 e. The average Bonchev–Trinajstić information content (AvgIpc) is 2.59. The molecule has 0 aliphatic carbocycles. The zero-order valence-electron chi connectivity index (χ0n) is 14.6. The molecule has 0 spiro atoms. The molecule has 25 heavy (non-hydrogen) atoms. The topological polar surface area (TPSA) is 72.8 Å². The van der Waals surface area contributed by atoms with Gasteiger partial charge in [-0.1, -0.05) is 42.5 Å². The summed E-state index contributed by atoms with van der Waals surface area (Å²) in [6.45, 7) is 4.43. The van der Waals surface area contributed by atoms with Crippen LogP contribution in [0.2, 0.25) is 0 Å². The predicted octanol–water partition coefficient (Wildman–Crippen LogP) is 3.29. The van der Waals surface area contributed by atoms with Crippen molar-refractivity contribution in [2.45, 2.75) is 26.7 Å². The molecule has 2 aromatic carbocycles. The molecule has 2 rings (SSSR count). The number of ether oxygens (including phenoxy) is 2. The van der Waals surface area contributed by atoms with Crippen LogP contribution < -0.4 is 0 Å². The summed E-state index contributed by atoms with van der Waals surface area (Å²) in [6, 6.07) is 16.1. The minimum Gasteiger partial charge on any atom is -0.508 e. The Hall–Kier alpha value is -2.82. The molecule has 2 aromatic rings. The van der Waals surface area contributed by atoms with Crippen LogP contribution in [0.3, 0.4) is 0 Å². The molecule has 0 bridgehead atoms. The fourth-order valence-electron chi connectivity index (χ4n) is 1.97. The van der Waals surface area contributed by atoms with Gasteiger partial charge in [-0.05, 0) is 37.1 Å². The number of carbonyl (C=O) groups excluding carboxylic acids is 2. The van der Waals surface area contributed by atoms with E-state index in [0.29, 0.717) is 19.6 Å². The minimum absolute atomic E-state index is 0.163. The standard InChI is InChI=1S/C10H12O3.C10H12O2/c1-2-13-10(12)7-8-3-5-9(11)6-4-8;1-2-12-10(11)8-9-6-4-3-5-7-9/h3-6,11H,2,7H2,1H3;3-7H,2,8H2,1H3. The first-order chi connectivity index (χ1) is 12.0. The van der Waals surface area contributed by atoms with Crippen LogP contribution >= 0.6 is 0 Å². The van der Waals surface area contributed by atoms with Crippen molar-refractivity contribution in [1.82, 2.24) is 0 Å². The van der Waals surface area contributed by atoms with E-state index in [2.05, 4.69) is 0 Å². The third kappa shape index (κ3) is 9.15. The van der Waals surface area contributed by atoms with Gasteiger partial charge in [0.1, 0.15) is 5.75 Å². The molecule has 0 amide bonds. The Morgan fingerprint density at radius 2 is 1.20 bits per heavy atom.